The SMILES string of the molecule is C=C[C@@H]1C[C@]1(N)C(=O)OC.C=C[C@@H]1C[C@]1(NC(=O)[C@@H]1C[C@@H](Oc2cc(-c3csc(NC(C)C)n3)nc3cc(OC)ccc23)CN1C(=O)[C@@H](N)C(C)(C)C)C(=O)OC.COc1ccc2c(O[C@@H]3C[C@@H](C(=O)O)N(C(=O)[C@@H](NC(=O)OC(C)(C)C)C(C)(C)C)C3)cc(-c3csc(NC(C)C)n3)nc2c1.Cl.Cl. The van der Waals surface area contributed by atoms with Gasteiger partial charge in [0.05, 0.1) is 70.0 Å². The summed E-state index contributed by atoms with van der Waals surface area (Å²) in [6, 6.07) is 11.0. The summed E-state index contributed by atoms with van der Waals surface area (Å²) in [5, 5.41) is 29.1. The number of carbonyl (C=O) groups is 7. The van der Waals surface area contributed by atoms with E-state index in [1.165, 1.54) is 46.7 Å². The fraction of sp³-hybridized carbons (Fsp3) is 0.521. The highest BCUT2D eigenvalue weighted by Gasteiger charge is 2.62. The van der Waals surface area contributed by atoms with Crippen LogP contribution in [0.2, 0.25) is 0 Å². The summed E-state index contributed by atoms with van der Waals surface area (Å²) in [4.78, 5) is 112. The molecule has 2 saturated heterocycles. The fourth-order valence-electron chi connectivity index (χ4n) is 11.9. The maximum atomic E-state index is 13.9. The maximum absolute atomic E-state index is 13.9. The van der Waals surface area contributed by atoms with Crippen LogP contribution in [0.5, 0.6) is 23.0 Å². The van der Waals surface area contributed by atoms with Crippen molar-refractivity contribution < 1.29 is 71.8 Å². The van der Waals surface area contributed by atoms with Gasteiger partial charge in [-0.05, 0) is 96.4 Å². The summed E-state index contributed by atoms with van der Waals surface area (Å²) in [7, 11) is 5.79. The van der Waals surface area contributed by atoms with Gasteiger partial charge in [0.2, 0.25) is 17.7 Å². The highest BCUT2D eigenvalue weighted by molar-refractivity contribution is 7.14. The predicted octanol–water partition coefficient (Wildman–Crippen LogP) is 10.6. The smallest absolute Gasteiger partial charge is 0.408 e. The summed E-state index contributed by atoms with van der Waals surface area (Å²) >= 11 is 2.95. The summed E-state index contributed by atoms with van der Waals surface area (Å²) in [5.74, 6) is -1.31. The first kappa shape index (κ1) is 84.3. The van der Waals surface area contributed by atoms with Gasteiger partial charge in [-0.3, -0.25) is 19.2 Å². The Morgan fingerprint density at radius 3 is 1.48 bits per heavy atom. The minimum atomic E-state index is -1.21. The Balaban J connectivity index is 0.000000283. The van der Waals surface area contributed by atoms with Crippen molar-refractivity contribution in [2.75, 3.05) is 52.2 Å². The van der Waals surface area contributed by atoms with Crippen molar-refractivity contribution in [3.8, 4) is 45.8 Å². The number of nitrogens with zero attached hydrogens (tertiary/aromatic N) is 6. The summed E-state index contributed by atoms with van der Waals surface area (Å²) < 4.78 is 38.9. The van der Waals surface area contributed by atoms with Crippen LogP contribution in [0.4, 0.5) is 15.1 Å². The van der Waals surface area contributed by atoms with E-state index in [0.29, 0.717) is 75.0 Å². The third-order valence-corrected chi connectivity index (χ3v) is 19.2. The molecule has 9 N–H and O–H groups in total. The summed E-state index contributed by atoms with van der Waals surface area (Å²) in [6.45, 7) is 31.8. The van der Waals surface area contributed by atoms with Gasteiger partial charge < -0.3 is 80.8 Å². The molecule has 31 heteroatoms. The highest BCUT2D eigenvalue weighted by Crippen LogP contribution is 2.47. The second-order valence-electron chi connectivity index (χ2n) is 29.6. The highest BCUT2D eigenvalue weighted by atomic mass is 35.5. The molecule has 6 heterocycles. The van der Waals surface area contributed by atoms with Gasteiger partial charge in [0.25, 0.3) is 0 Å². The lowest BCUT2D eigenvalue weighted by atomic mass is 9.85. The molecular weight excluding hydrogens is 1420 g/mol. The number of benzene rings is 2. The molecule has 0 spiro atoms. The van der Waals surface area contributed by atoms with Crippen molar-refractivity contribution in [2.45, 2.75) is 181 Å². The second kappa shape index (κ2) is 34.1. The van der Waals surface area contributed by atoms with E-state index in [0.717, 1.165) is 15.6 Å². The van der Waals surface area contributed by atoms with E-state index in [1.54, 1.807) is 86.1 Å². The fourth-order valence-corrected chi connectivity index (χ4v) is 13.6. The van der Waals surface area contributed by atoms with Gasteiger partial charge in [-0.2, -0.15) is 0 Å². The van der Waals surface area contributed by atoms with Gasteiger partial charge in [-0.1, -0.05) is 53.7 Å². The molecule has 104 heavy (non-hydrogen) atoms. The molecule has 10 rings (SSSR count). The first-order chi connectivity index (χ1) is 47.8. The van der Waals surface area contributed by atoms with Gasteiger partial charge in [-0.25, -0.2) is 34.3 Å². The van der Waals surface area contributed by atoms with E-state index >= 15 is 0 Å². The number of aromatic nitrogens is 4. The second-order valence-corrected chi connectivity index (χ2v) is 31.3. The third kappa shape index (κ3) is 20.1. The van der Waals surface area contributed by atoms with Crippen molar-refractivity contribution in [1.82, 2.24) is 40.4 Å². The Morgan fingerprint density at radius 2 is 1.10 bits per heavy atom. The van der Waals surface area contributed by atoms with Crippen LogP contribution in [0.3, 0.4) is 0 Å². The number of hydrogen-bond acceptors (Lipinski definition) is 24. The number of likely N-dealkylation sites (tertiary alicyclic amines) is 2. The number of nitrogens with two attached hydrogens (primary N) is 2. The van der Waals surface area contributed by atoms with Crippen molar-refractivity contribution in [1.29, 1.82) is 0 Å². The number of alkyl carbamates (subject to hydrolysis) is 1. The number of fused-ring (bicyclic) bond motifs is 2. The van der Waals surface area contributed by atoms with Crippen molar-refractivity contribution >= 4 is 121 Å². The summed E-state index contributed by atoms with van der Waals surface area (Å²) in [5.41, 5.74) is 11.8. The van der Waals surface area contributed by atoms with Gasteiger partial charge >= 0.3 is 24.0 Å². The number of amides is 4. The Labute approximate surface area is 627 Å². The number of carboxylic acids is 1. The average molecular weight is 1520 g/mol. The van der Waals surface area contributed by atoms with Crippen LogP contribution in [0.1, 0.15) is 116 Å². The lowest BCUT2D eigenvalue weighted by Crippen LogP contribution is -2.57. The number of hydrogen-bond donors (Lipinski definition) is 7. The lowest BCUT2D eigenvalue weighted by Gasteiger charge is -2.35. The molecule has 0 unspecified atom stereocenters. The topological polar surface area (TPSA) is 363 Å². The number of ether oxygens (including phenoxy) is 7. The first-order valence-electron chi connectivity index (χ1n) is 33.7. The Bertz CT molecular complexity index is 4120. The third-order valence-electron chi connectivity index (χ3n) is 17.7. The molecule has 4 aliphatic rings. The number of thiazole rings is 2. The first-order valence-corrected chi connectivity index (χ1v) is 35.4. The van der Waals surface area contributed by atoms with E-state index in [1.807, 2.05) is 89.6 Å². The monoisotopic (exact) mass is 1520 g/mol. The molecule has 2 aromatic carbocycles. The van der Waals surface area contributed by atoms with Crippen molar-refractivity contribution in [3.05, 3.63) is 84.6 Å². The standard InChI is InChI=1S/C34H44N6O6S.C32H43N5O7S.C7H11NO2.2ClH/c1-9-19-15-34(19,31(43)45-8)39-29(41)26-13-21(16-40(26)30(42)28(35)33(4,5)6)46-27-14-24(25-17-47-32(38-25)36-18(2)3)37-23-12-20(44-7)10-11-22(23)27;1-17(2)33-29-35-23(16-45-29)22-14-25(20-11-10-18(42-9)12-21(20)34-22)43-19-13-24(28(39)40)37(15-19)27(38)26(31(3,4)5)36-30(41)44-32(6,7)8;1-3-5-4-7(5,8)6(9)10-2;;/h9-12,14,17-19,21,26,28H,1,13,15-16,35H2,2-8H3,(H,36,38)(H,39,41);10-12,14,16-17,19,24,26H,13,15H2,1-9H3,(H,33,35)(H,36,41)(H,39,40);3,5H,1,4,8H2,2H3;2*1H/t19-,21-,26+,28-,34-;19-,24+,26-;5-,7-;;/m111../s1. The van der Waals surface area contributed by atoms with Crippen LogP contribution in [0.25, 0.3) is 44.6 Å². The number of rotatable bonds is 22. The van der Waals surface area contributed by atoms with Crippen molar-refractivity contribution in [2.24, 2.45) is 34.1 Å². The van der Waals surface area contributed by atoms with E-state index in [-0.39, 0.29) is 86.5 Å². The minimum Gasteiger partial charge on any atom is -0.497 e. The predicted molar refractivity (Wildman–Crippen MR) is 406 cm³/mol. The molecule has 4 aromatic heterocycles. The number of pyridine rings is 2. The minimum absolute atomic E-state index is 0. The summed E-state index contributed by atoms with van der Waals surface area (Å²) in [6.07, 6.45) is 2.62. The number of methoxy groups -OCH3 is 4. The zero-order chi connectivity index (χ0) is 75.3. The number of esters is 2. The normalized spacial score (nSPS) is 21.5. The van der Waals surface area contributed by atoms with Gasteiger partial charge in [0, 0.05) is 82.6 Å². The zero-order valence-electron chi connectivity index (χ0n) is 62.0. The van der Waals surface area contributed by atoms with Crippen LogP contribution in [-0.2, 0) is 43.0 Å². The zero-order valence-corrected chi connectivity index (χ0v) is 65.3. The Kier molecular flexibility index (Phi) is 27.6. The molecule has 2 saturated carbocycles. The number of carboxylic acid groups (broad SMARTS) is 1. The molecule has 2 aliphatic carbocycles. The largest absolute Gasteiger partial charge is 0.497 e. The maximum Gasteiger partial charge on any atom is 0.408 e. The number of carbonyl (C=O) groups excluding carboxylic acids is 6. The van der Waals surface area contributed by atoms with Gasteiger partial charge in [-0.15, -0.1) is 60.6 Å². The van der Waals surface area contributed by atoms with E-state index in [9.17, 15) is 38.7 Å². The molecule has 10 atom stereocenters. The number of anilines is 2. The molecule has 4 amide bonds. The molecule has 568 valence electrons. The number of nitrogens with one attached hydrogen (secondary N) is 4. The van der Waals surface area contributed by atoms with E-state index in [2.05, 4.69) is 44.1 Å². The van der Waals surface area contributed by atoms with E-state index in [4.69, 9.17) is 54.8 Å². The van der Waals surface area contributed by atoms with E-state index < -0.39 is 93.7 Å². The average Bonchev–Trinajstić information content (AvgIpc) is 1.58. The molecule has 2 aliphatic heterocycles. The van der Waals surface area contributed by atoms with Gasteiger partial charge in [0.15, 0.2) is 10.3 Å². The molecule has 0 radical (unpaired) electrons. The number of halogens is 2. The number of aliphatic carboxylic acids is 1. The van der Waals surface area contributed by atoms with Crippen LogP contribution < -0.4 is 51.7 Å². The molecule has 6 aromatic rings. The Hall–Kier alpha value is -8.61. The Morgan fingerprint density at radius 1 is 0.635 bits per heavy atom. The molecular formula is C73H100Cl2N12O15S2. The van der Waals surface area contributed by atoms with Crippen LogP contribution in [0.15, 0.2) is 84.6 Å². The van der Waals surface area contributed by atoms with Crippen molar-refractivity contribution in [3.63, 3.8) is 0 Å². The molecule has 0 bridgehead atoms. The van der Waals surface area contributed by atoms with Crippen LogP contribution in [0, 0.1) is 22.7 Å². The molecule has 4 fully saturated rings. The van der Waals surface area contributed by atoms with Crippen LogP contribution >= 0.6 is 47.5 Å². The molecule has 27 nitrogen and oxygen atoms in total. The quantitative estimate of drug-likeness (QED) is 0.0189. The lowest BCUT2D eigenvalue weighted by molar-refractivity contribution is -0.150. The van der Waals surface area contributed by atoms with Crippen LogP contribution in [-0.4, -0.2) is 183 Å². The van der Waals surface area contributed by atoms with Gasteiger partial charge in [0.1, 0.15) is 81.4 Å².